The van der Waals surface area contributed by atoms with Crippen molar-refractivity contribution >= 4 is 34.4 Å². The van der Waals surface area contributed by atoms with Crippen LogP contribution in [0.3, 0.4) is 0 Å². The van der Waals surface area contributed by atoms with E-state index in [9.17, 15) is 14.4 Å². The smallest absolute Gasteiger partial charge is 0.219 e. The van der Waals surface area contributed by atoms with Crippen molar-refractivity contribution in [2.45, 2.75) is 33.4 Å². The molecule has 0 aliphatic carbocycles. The third-order valence-electron chi connectivity index (χ3n) is 6.73. The van der Waals surface area contributed by atoms with E-state index in [1.807, 2.05) is 6.92 Å². The van der Waals surface area contributed by atoms with Crippen LogP contribution in [0.5, 0.6) is 5.75 Å². The van der Waals surface area contributed by atoms with Gasteiger partial charge in [-0.2, -0.15) is 0 Å². The monoisotopic (exact) mass is 509 g/mol. The first kappa shape index (κ1) is 26.1. The van der Waals surface area contributed by atoms with Crippen molar-refractivity contribution in [2.24, 2.45) is 0 Å². The summed E-state index contributed by atoms with van der Waals surface area (Å²) in [5.74, 6) is -1.73. The van der Waals surface area contributed by atoms with Gasteiger partial charge < -0.3 is 19.1 Å². The molecule has 1 aliphatic heterocycles. The number of amides is 1. The van der Waals surface area contributed by atoms with E-state index in [1.165, 1.54) is 23.8 Å². The maximum atomic E-state index is 15.9. The van der Waals surface area contributed by atoms with Gasteiger partial charge in [0.1, 0.15) is 17.3 Å². The van der Waals surface area contributed by atoms with Crippen LogP contribution in [-0.4, -0.2) is 53.9 Å². The summed E-state index contributed by atoms with van der Waals surface area (Å²) in [5, 5.41) is -0.195. The molecule has 1 aromatic heterocycles. The molecular weight excluding hydrogens is 480 g/mol. The van der Waals surface area contributed by atoms with Crippen LogP contribution in [0, 0.1) is 11.6 Å². The minimum absolute atomic E-state index is 0.0544. The van der Waals surface area contributed by atoms with Crippen molar-refractivity contribution in [1.29, 1.82) is 0 Å². The van der Waals surface area contributed by atoms with Gasteiger partial charge >= 0.3 is 0 Å². The van der Waals surface area contributed by atoms with Crippen molar-refractivity contribution in [1.82, 2.24) is 9.47 Å². The highest BCUT2D eigenvalue weighted by atomic mass is 19.1. The summed E-state index contributed by atoms with van der Waals surface area (Å²) in [6, 6.07) is 7.79. The molecule has 4 rings (SSSR count). The van der Waals surface area contributed by atoms with Crippen LogP contribution in [0.1, 0.15) is 36.7 Å². The Labute approximate surface area is 213 Å². The molecule has 1 saturated heterocycles. The average Bonchev–Trinajstić information content (AvgIpc) is 2.88. The Morgan fingerprint density at radius 2 is 1.86 bits per heavy atom. The topological polar surface area (TPSA) is 71.8 Å². The molecule has 3 aromatic rings. The molecule has 1 atom stereocenters. The first-order valence-electron chi connectivity index (χ1n) is 12.1. The number of allylic oxidation sites excluding steroid dienone is 1. The lowest BCUT2D eigenvalue weighted by molar-refractivity contribution is -0.131. The zero-order valence-electron chi connectivity index (χ0n) is 21.3. The highest BCUT2D eigenvalue weighted by Gasteiger charge is 2.30. The lowest BCUT2D eigenvalue weighted by Crippen LogP contribution is -2.54. The normalized spacial score (nSPS) is 16.0. The second-order valence-corrected chi connectivity index (χ2v) is 9.05. The molecule has 0 saturated carbocycles. The number of methoxy groups -OCH3 is 1. The number of carbonyl (C=O) groups excluding carboxylic acids is 2. The number of carbonyl (C=O) groups is 2. The Morgan fingerprint density at radius 3 is 2.46 bits per heavy atom. The summed E-state index contributed by atoms with van der Waals surface area (Å²) in [7, 11) is 1.55. The molecule has 0 radical (unpaired) electrons. The number of aromatic nitrogens is 1. The number of piperazine rings is 1. The first-order chi connectivity index (χ1) is 17.7. The van der Waals surface area contributed by atoms with Crippen LogP contribution in [0.2, 0.25) is 0 Å². The Morgan fingerprint density at radius 1 is 1.16 bits per heavy atom. The molecule has 7 nitrogen and oxygen atoms in total. The number of aryl methyl sites for hydroxylation is 1. The number of anilines is 1. The van der Waals surface area contributed by atoms with Gasteiger partial charge in [0.05, 0.1) is 23.6 Å². The number of pyridine rings is 1. The van der Waals surface area contributed by atoms with Gasteiger partial charge in [-0.1, -0.05) is 18.2 Å². The number of rotatable bonds is 6. The third-order valence-corrected chi connectivity index (χ3v) is 6.73. The van der Waals surface area contributed by atoms with Gasteiger partial charge in [0.2, 0.25) is 11.3 Å². The van der Waals surface area contributed by atoms with E-state index in [-0.39, 0.29) is 53.7 Å². The first-order valence-corrected chi connectivity index (χ1v) is 12.1. The molecule has 9 heteroatoms. The van der Waals surface area contributed by atoms with E-state index in [1.54, 1.807) is 54.2 Å². The molecule has 194 valence electrons. The Hall–Kier alpha value is -4.01. The predicted molar refractivity (Wildman–Crippen MR) is 139 cm³/mol. The zero-order chi connectivity index (χ0) is 26.9. The van der Waals surface area contributed by atoms with Crippen LogP contribution in [0.15, 0.2) is 47.4 Å². The van der Waals surface area contributed by atoms with Gasteiger partial charge in [-0.05, 0) is 43.7 Å². The highest BCUT2D eigenvalue weighted by molar-refractivity contribution is 6.08. The fourth-order valence-electron chi connectivity index (χ4n) is 4.80. The summed E-state index contributed by atoms with van der Waals surface area (Å²) in [4.78, 5) is 41.2. The summed E-state index contributed by atoms with van der Waals surface area (Å²) in [6.45, 7) is 6.14. The molecule has 1 fully saturated rings. The zero-order valence-corrected chi connectivity index (χ0v) is 21.3. The fraction of sp³-hybridized carbons (Fsp3) is 0.321. The standard InChI is InChI=1S/C28H29F2N3O4/c1-5-31-16-22(24(35)11-8-19-6-9-20(37-4)10-7-19)28(36)21-14-23(29)27(25(30)26(21)31)32-12-13-33(18(3)34)17(2)15-32/h6-11,14,16-17H,5,12-13,15H2,1-4H3/b11-8+. The second kappa shape index (κ2) is 10.5. The van der Waals surface area contributed by atoms with E-state index in [4.69, 9.17) is 4.74 Å². The maximum absolute atomic E-state index is 15.9. The van der Waals surface area contributed by atoms with Crippen molar-refractivity contribution in [3.05, 3.63) is 75.6 Å². The lowest BCUT2D eigenvalue weighted by Gasteiger charge is -2.40. The minimum atomic E-state index is -0.883. The van der Waals surface area contributed by atoms with Crippen LogP contribution in [0.4, 0.5) is 14.5 Å². The van der Waals surface area contributed by atoms with Crippen molar-refractivity contribution < 1.29 is 23.1 Å². The molecule has 0 spiro atoms. The summed E-state index contributed by atoms with van der Waals surface area (Å²) >= 11 is 0. The van der Waals surface area contributed by atoms with E-state index >= 15 is 8.78 Å². The van der Waals surface area contributed by atoms with Gasteiger partial charge in [-0.25, -0.2) is 8.78 Å². The molecule has 37 heavy (non-hydrogen) atoms. The lowest BCUT2D eigenvalue weighted by atomic mass is 10.0. The maximum Gasteiger partial charge on any atom is 0.219 e. The van der Waals surface area contributed by atoms with E-state index in [0.29, 0.717) is 12.3 Å². The molecule has 1 amide bonds. The molecule has 2 heterocycles. The van der Waals surface area contributed by atoms with E-state index < -0.39 is 22.8 Å². The summed E-state index contributed by atoms with van der Waals surface area (Å²) in [6.07, 6.45) is 4.15. The molecule has 0 N–H and O–H groups in total. The van der Waals surface area contributed by atoms with Crippen LogP contribution in [-0.2, 0) is 11.3 Å². The van der Waals surface area contributed by atoms with Gasteiger partial charge in [0.15, 0.2) is 11.6 Å². The number of ether oxygens (including phenoxy) is 1. The van der Waals surface area contributed by atoms with Crippen molar-refractivity contribution in [3.8, 4) is 5.75 Å². The second-order valence-electron chi connectivity index (χ2n) is 9.05. The molecular formula is C28H29F2N3O4. The van der Waals surface area contributed by atoms with E-state index in [0.717, 1.165) is 11.6 Å². The van der Waals surface area contributed by atoms with Crippen molar-refractivity contribution in [3.63, 3.8) is 0 Å². The van der Waals surface area contributed by atoms with Crippen molar-refractivity contribution in [2.75, 3.05) is 31.6 Å². The molecule has 0 bridgehead atoms. The Kier molecular flexibility index (Phi) is 7.42. The van der Waals surface area contributed by atoms with Crippen LogP contribution < -0.4 is 15.1 Å². The number of benzene rings is 2. The Balaban J connectivity index is 1.73. The quantitative estimate of drug-likeness (QED) is 0.367. The number of nitrogens with zero attached hydrogens (tertiary/aromatic N) is 3. The summed E-state index contributed by atoms with van der Waals surface area (Å²) in [5.41, 5.74) is -0.465. The number of fused-ring (bicyclic) bond motifs is 1. The van der Waals surface area contributed by atoms with Gasteiger partial charge in [0.25, 0.3) is 0 Å². The number of ketones is 1. The fourth-order valence-corrected chi connectivity index (χ4v) is 4.80. The SMILES string of the molecule is CCn1cc(C(=O)/C=C/c2ccc(OC)cc2)c(=O)c2cc(F)c(N3CCN(C(C)=O)C(C)C3)c(F)c21. The largest absolute Gasteiger partial charge is 0.497 e. The number of halogens is 2. The van der Waals surface area contributed by atoms with Crippen LogP contribution in [0.25, 0.3) is 17.0 Å². The van der Waals surface area contributed by atoms with E-state index in [2.05, 4.69) is 0 Å². The average molecular weight is 510 g/mol. The highest BCUT2D eigenvalue weighted by Crippen LogP contribution is 2.31. The molecule has 1 unspecified atom stereocenters. The van der Waals surface area contributed by atoms with Crippen LogP contribution >= 0.6 is 0 Å². The third kappa shape index (κ3) is 4.98. The summed E-state index contributed by atoms with van der Waals surface area (Å²) < 4.78 is 37.7. The van der Waals surface area contributed by atoms with Gasteiger partial charge in [0, 0.05) is 45.3 Å². The number of hydrogen-bond acceptors (Lipinski definition) is 5. The molecule has 1 aliphatic rings. The molecule has 2 aromatic carbocycles. The predicted octanol–water partition coefficient (Wildman–Crippen LogP) is 4.26. The number of hydrogen-bond donors (Lipinski definition) is 0. The minimum Gasteiger partial charge on any atom is -0.497 e. The Bertz CT molecular complexity index is 1450. The van der Waals surface area contributed by atoms with Gasteiger partial charge in [-0.15, -0.1) is 0 Å². The van der Waals surface area contributed by atoms with Gasteiger partial charge in [-0.3, -0.25) is 14.4 Å².